The fourth-order valence-electron chi connectivity index (χ4n) is 3.84. The van der Waals surface area contributed by atoms with Gasteiger partial charge < -0.3 is 10.6 Å². The number of aromatic nitrogens is 1. The van der Waals surface area contributed by atoms with Gasteiger partial charge in [0.1, 0.15) is 0 Å². The van der Waals surface area contributed by atoms with E-state index in [1.807, 2.05) is 65.7 Å². The molecule has 1 unspecified atom stereocenters. The maximum Gasteiger partial charge on any atom is 0.253 e. The molecule has 2 heterocycles. The summed E-state index contributed by atoms with van der Waals surface area (Å²) in [5.41, 5.74) is 9.42. The van der Waals surface area contributed by atoms with Crippen LogP contribution in [0.3, 0.4) is 0 Å². The van der Waals surface area contributed by atoms with E-state index < -0.39 is 5.91 Å². The molecule has 0 saturated carbocycles. The zero-order valence-corrected chi connectivity index (χ0v) is 16.1. The third kappa shape index (κ3) is 4.19. The Hall–Kier alpha value is -3.47. The van der Waals surface area contributed by atoms with Crippen LogP contribution in [0.15, 0.2) is 72.9 Å². The Morgan fingerprint density at radius 3 is 2.45 bits per heavy atom. The lowest BCUT2D eigenvalue weighted by Crippen LogP contribution is -2.39. The summed E-state index contributed by atoms with van der Waals surface area (Å²) < 4.78 is 0. The molecule has 146 valence electrons. The quantitative estimate of drug-likeness (QED) is 0.741. The Morgan fingerprint density at radius 2 is 1.72 bits per heavy atom. The molecule has 1 aliphatic rings. The highest BCUT2D eigenvalue weighted by atomic mass is 16.2. The monoisotopic (exact) mass is 385 g/mol. The van der Waals surface area contributed by atoms with Gasteiger partial charge in [0.25, 0.3) is 5.91 Å². The van der Waals surface area contributed by atoms with E-state index in [2.05, 4.69) is 4.98 Å². The molecule has 2 amide bonds. The van der Waals surface area contributed by atoms with E-state index in [0.29, 0.717) is 12.1 Å². The number of nitrogens with zero attached hydrogens (tertiary/aromatic N) is 2. The van der Waals surface area contributed by atoms with Crippen LogP contribution in [0.25, 0.3) is 11.1 Å². The molecule has 5 nitrogen and oxygen atoms in total. The number of pyridine rings is 1. The highest BCUT2D eigenvalue weighted by Crippen LogP contribution is 2.28. The second kappa shape index (κ2) is 8.27. The Balaban J connectivity index is 1.49. The van der Waals surface area contributed by atoms with Crippen LogP contribution in [-0.2, 0) is 0 Å². The van der Waals surface area contributed by atoms with Crippen molar-refractivity contribution in [1.29, 1.82) is 0 Å². The Bertz CT molecular complexity index is 1020. The van der Waals surface area contributed by atoms with E-state index in [9.17, 15) is 9.59 Å². The number of hydrogen-bond acceptors (Lipinski definition) is 3. The molecule has 1 saturated heterocycles. The van der Waals surface area contributed by atoms with E-state index >= 15 is 0 Å². The van der Waals surface area contributed by atoms with E-state index in [4.69, 9.17) is 5.73 Å². The van der Waals surface area contributed by atoms with Crippen LogP contribution in [-0.4, -0.2) is 34.8 Å². The van der Waals surface area contributed by atoms with Gasteiger partial charge in [-0.05, 0) is 48.7 Å². The lowest BCUT2D eigenvalue weighted by atomic mass is 9.93. The van der Waals surface area contributed by atoms with Crippen LogP contribution in [0.2, 0.25) is 0 Å². The number of benzene rings is 2. The smallest absolute Gasteiger partial charge is 0.253 e. The van der Waals surface area contributed by atoms with Gasteiger partial charge in [0.2, 0.25) is 5.91 Å². The summed E-state index contributed by atoms with van der Waals surface area (Å²) in [7, 11) is 0. The number of nitrogens with two attached hydrogens (primary N) is 1. The first-order valence-corrected chi connectivity index (χ1v) is 9.82. The van der Waals surface area contributed by atoms with Crippen molar-refractivity contribution < 1.29 is 9.59 Å². The van der Waals surface area contributed by atoms with Gasteiger partial charge in [0.15, 0.2) is 0 Å². The Kier molecular flexibility index (Phi) is 5.38. The van der Waals surface area contributed by atoms with Gasteiger partial charge in [-0.1, -0.05) is 36.4 Å². The molecule has 0 radical (unpaired) electrons. The van der Waals surface area contributed by atoms with Crippen molar-refractivity contribution in [3.05, 3.63) is 89.7 Å². The molecule has 0 bridgehead atoms. The largest absolute Gasteiger partial charge is 0.366 e. The molecule has 3 aromatic rings. The standard InChI is InChI=1S/C24H23N3O2/c25-23(28)19-9-4-8-18(14-19)20-11-12-22(26-15-20)21-10-5-13-27(16-21)24(29)17-6-2-1-3-7-17/h1-4,6-9,11-12,14-15,21H,5,10,13,16H2,(H2,25,28). The number of likely N-dealkylation sites (tertiary alicyclic amines) is 1. The first-order valence-electron chi connectivity index (χ1n) is 9.82. The van der Waals surface area contributed by atoms with E-state index in [-0.39, 0.29) is 11.8 Å². The fraction of sp³-hybridized carbons (Fsp3) is 0.208. The van der Waals surface area contributed by atoms with Gasteiger partial charge in [-0.3, -0.25) is 14.6 Å². The summed E-state index contributed by atoms with van der Waals surface area (Å²) in [4.78, 5) is 30.8. The molecule has 29 heavy (non-hydrogen) atoms. The first-order chi connectivity index (χ1) is 14.1. The molecule has 0 aliphatic carbocycles. The second-order valence-corrected chi connectivity index (χ2v) is 7.37. The summed E-state index contributed by atoms with van der Waals surface area (Å²) in [6.07, 6.45) is 3.81. The van der Waals surface area contributed by atoms with Crippen LogP contribution in [0.5, 0.6) is 0 Å². The first kappa shape index (κ1) is 18.9. The number of amides is 2. The van der Waals surface area contributed by atoms with Crippen molar-refractivity contribution in [2.75, 3.05) is 13.1 Å². The predicted octanol–water partition coefficient (Wildman–Crippen LogP) is 3.87. The highest BCUT2D eigenvalue weighted by Gasteiger charge is 2.26. The van der Waals surface area contributed by atoms with Gasteiger partial charge in [0.05, 0.1) is 0 Å². The number of hydrogen-bond donors (Lipinski definition) is 1. The van der Waals surface area contributed by atoms with Crippen molar-refractivity contribution in [3.8, 4) is 11.1 Å². The van der Waals surface area contributed by atoms with Gasteiger partial charge >= 0.3 is 0 Å². The molecule has 0 spiro atoms. The van der Waals surface area contributed by atoms with Crippen LogP contribution in [0.1, 0.15) is 45.2 Å². The van der Waals surface area contributed by atoms with Crippen LogP contribution >= 0.6 is 0 Å². The molecular formula is C24H23N3O2. The number of primary amides is 1. The normalized spacial score (nSPS) is 16.4. The number of carbonyl (C=O) groups is 2. The van der Waals surface area contributed by atoms with Crippen LogP contribution in [0, 0.1) is 0 Å². The highest BCUT2D eigenvalue weighted by molar-refractivity contribution is 5.94. The van der Waals surface area contributed by atoms with Gasteiger partial charge in [-0.2, -0.15) is 0 Å². The third-order valence-corrected chi connectivity index (χ3v) is 5.41. The summed E-state index contributed by atoms with van der Waals surface area (Å²) in [6.45, 7) is 1.46. The van der Waals surface area contributed by atoms with Gasteiger partial charge in [0, 0.05) is 47.6 Å². The van der Waals surface area contributed by atoms with Crippen molar-refractivity contribution in [2.45, 2.75) is 18.8 Å². The van der Waals surface area contributed by atoms with Crippen molar-refractivity contribution in [1.82, 2.24) is 9.88 Å². The zero-order chi connectivity index (χ0) is 20.2. The SMILES string of the molecule is NC(=O)c1cccc(-c2ccc(C3CCCN(C(=O)c4ccccc4)C3)nc2)c1. The van der Waals surface area contributed by atoms with Crippen molar-refractivity contribution in [3.63, 3.8) is 0 Å². The number of carbonyl (C=O) groups excluding carboxylic acids is 2. The van der Waals surface area contributed by atoms with Crippen LogP contribution in [0.4, 0.5) is 0 Å². The van der Waals surface area contributed by atoms with Gasteiger partial charge in [-0.15, -0.1) is 0 Å². The average molecular weight is 385 g/mol. The summed E-state index contributed by atoms with van der Waals surface area (Å²) in [6, 6.07) is 20.7. The minimum absolute atomic E-state index is 0.0789. The average Bonchev–Trinajstić information content (AvgIpc) is 2.79. The molecular weight excluding hydrogens is 362 g/mol. The maximum atomic E-state index is 12.8. The molecule has 1 aromatic heterocycles. The van der Waals surface area contributed by atoms with Gasteiger partial charge in [-0.25, -0.2) is 0 Å². The minimum atomic E-state index is -0.443. The third-order valence-electron chi connectivity index (χ3n) is 5.41. The number of piperidine rings is 1. The summed E-state index contributed by atoms with van der Waals surface area (Å²) in [5, 5.41) is 0. The maximum absolute atomic E-state index is 12.8. The summed E-state index contributed by atoms with van der Waals surface area (Å²) in [5.74, 6) is -0.139. The number of rotatable bonds is 4. The van der Waals surface area contributed by atoms with Crippen LogP contribution < -0.4 is 5.73 Å². The summed E-state index contributed by atoms with van der Waals surface area (Å²) >= 11 is 0. The Labute approximate surface area is 170 Å². The lowest BCUT2D eigenvalue weighted by Gasteiger charge is -2.32. The van der Waals surface area contributed by atoms with E-state index in [1.54, 1.807) is 12.1 Å². The molecule has 1 atom stereocenters. The Morgan fingerprint density at radius 1 is 0.931 bits per heavy atom. The lowest BCUT2D eigenvalue weighted by molar-refractivity contribution is 0.0705. The molecule has 1 fully saturated rings. The van der Waals surface area contributed by atoms with E-state index in [0.717, 1.165) is 41.8 Å². The molecule has 2 aromatic carbocycles. The van der Waals surface area contributed by atoms with Crippen molar-refractivity contribution >= 4 is 11.8 Å². The fourth-order valence-corrected chi connectivity index (χ4v) is 3.84. The van der Waals surface area contributed by atoms with E-state index in [1.165, 1.54) is 0 Å². The zero-order valence-electron chi connectivity index (χ0n) is 16.1. The predicted molar refractivity (Wildman–Crippen MR) is 113 cm³/mol. The minimum Gasteiger partial charge on any atom is -0.366 e. The molecule has 1 aliphatic heterocycles. The topological polar surface area (TPSA) is 76.3 Å². The molecule has 5 heteroatoms. The molecule has 4 rings (SSSR count). The van der Waals surface area contributed by atoms with Crippen molar-refractivity contribution in [2.24, 2.45) is 5.73 Å². The second-order valence-electron chi connectivity index (χ2n) is 7.37. The molecule has 2 N–H and O–H groups in total.